The van der Waals surface area contributed by atoms with Crippen LogP contribution < -0.4 is 0 Å². The van der Waals surface area contributed by atoms with Crippen LogP contribution >= 0.6 is 0 Å². The van der Waals surface area contributed by atoms with Crippen molar-refractivity contribution in [3.8, 4) is 0 Å². The van der Waals surface area contributed by atoms with Gasteiger partial charge < -0.3 is 0 Å². The van der Waals surface area contributed by atoms with Crippen LogP contribution in [-0.2, 0) is 9.59 Å². The summed E-state index contributed by atoms with van der Waals surface area (Å²) in [6.07, 6.45) is 7.21. The number of nitrogens with zero attached hydrogens (tertiary/aromatic N) is 2. The lowest BCUT2D eigenvalue weighted by atomic mass is 9.85. The minimum atomic E-state index is 0.0170. The normalized spacial score (nSPS) is 27.1. The van der Waals surface area contributed by atoms with E-state index in [9.17, 15) is 9.59 Å². The van der Waals surface area contributed by atoms with Gasteiger partial charge in [-0.3, -0.25) is 0 Å². The van der Waals surface area contributed by atoms with E-state index in [4.69, 9.17) is 0 Å². The zero-order chi connectivity index (χ0) is 9.52. The Hall–Kier alpha value is -1.24. The van der Waals surface area contributed by atoms with E-state index in [-0.39, 0.29) is 12.0 Å². The average Bonchev–Trinajstić information content (AvgIpc) is 2.17. The number of hydrogen-bond donors (Lipinski definition) is 0. The lowest BCUT2D eigenvalue weighted by Gasteiger charge is -2.25. The second-order valence-electron chi connectivity index (χ2n) is 3.26. The lowest BCUT2D eigenvalue weighted by molar-refractivity contribution is 0.316. The molecule has 0 aliphatic heterocycles. The molecule has 70 valence electrons. The second kappa shape index (κ2) is 5.41. The molecule has 2 unspecified atom stereocenters. The molecular weight excluding hydrogens is 168 g/mol. The standard InChI is InChI=1S/C9H12N2O2/c12-6-10-5-8-3-1-2-4-9(8)11-7-13/h8-9H,1-5H2. The zero-order valence-corrected chi connectivity index (χ0v) is 7.40. The fourth-order valence-corrected chi connectivity index (χ4v) is 1.79. The first-order valence-electron chi connectivity index (χ1n) is 4.49. The maximum Gasteiger partial charge on any atom is 0.235 e. The summed E-state index contributed by atoms with van der Waals surface area (Å²) >= 11 is 0. The highest BCUT2D eigenvalue weighted by atomic mass is 16.1. The molecule has 0 aromatic heterocycles. The molecule has 0 aromatic carbocycles. The Morgan fingerprint density at radius 1 is 1.15 bits per heavy atom. The van der Waals surface area contributed by atoms with E-state index < -0.39 is 0 Å². The van der Waals surface area contributed by atoms with Crippen LogP contribution in [0.2, 0.25) is 0 Å². The van der Waals surface area contributed by atoms with Gasteiger partial charge in [0, 0.05) is 5.92 Å². The Balaban J connectivity index is 2.55. The van der Waals surface area contributed by atoms with Gasteiger partial charge in [-0.15, -0.1) is 0 Å². The average molecular weight is 180 g/mol. The monoisotopic (exact) mass is 180 g/mol. The van der Waals surface area contributed by atoms with Crippen molar-refractivity contribution < 1.29 is 9.59 Å². The number of carbonyl (C=O) groups excluding carboxylic acids is 2. The van der Waals surface area contributed by atoms with Crippen LogP contribution in [0.25, 0.3) is 0 Å². The molecule has 13 heavy (non-hydrogen) atoms. The van der Waals surface area contributed by atoms with Gasteiger partial charge in [-0.2, -0.15) is 0 Å². The number of isocyanates is 2. The highest BCUT2D eigenvalue weighted by Crippen LogP contribution is 2.26. The second-order valence-corrected chi connectivity index (χ2v) is 3.26. The van der Waals surface area contributed by atoms with Crippen LogP contribution in [0.5, 0.6) is 0 Å². The molecule has 0 N–H and O–H groups in total. The van der Waals surface area contributed by atoms with Crippen LogP contribution in [0, 0.1) is 5.92 Å². The largest absolute Gasteiger partial charge is 0.235 e. The van der Waals surface area contributed by atoms with Crippen molar-refractivity contribution in [3.05, 3.63) is 0 Å². The summed E-state index contributed by atoms with van der Waals surface area (Å²) in [7, 11) is 0. The summed E-state index contributed by atoms with van der Waals surface area (Å²) in [6.45, 7) is 0.444. The molecule has 0 bridgehead atoms. The van der Waals surface area contributed by atoms with Gasteiger partial charge in [-0.1, -0.05) is 12.8 Å². The summed E-state index contributed by atoms with van der Waals surface area (Å²) in [6, 6.07) is 0.0170. The van der Waals surface area contributed by atoms with E-state index in [0.717, 1.165) is 25.7 Å². The van der Waals surface area contributed by atoms with E-state index >= 15 is 0 Å². The zero-order valence-electron chi connectivity index (χ0n) is 7.40. The Kier molecular flexibility index (Phi) is 4.10. The predicted octanol–water partition coefficient (Wildman–Crippen LogP) is 1.22. The molecule has 1 rings (SSSR count). The minimum absolute atomic E-state index is 0.0170. The molecule has 2 atom stereocenters. The molecule has 1 aliphatic carbocycles. The maximum absolute atomic E-state index is 10.1. The van der Waals surface area contributed by atoms with Crippen molar-refractivity contribution in [3.63, 3.8) is 0 Å². The molecule has 1 saturated carbocycles. The first-order valence-corrected chi connectivity index (χ1v) is 4.49. The van der Waals surface area contributed by atoms with E-state index in [1.807, 2.05) is 0 Å². The summed E-state index contributed by atoms with van der Waals surface area (Å²) in [5, 5.41) is 0. The van der Waals surface area contributed by atoms with Gasteiger partial charge in [0.05, 0.1) is 12.6 Å². The van der Waals surface area contributed by atoms with Crippen LogP contribution in [0.1, 0.15) is 25.7 Å². The lowest BCUT2D eigenvalue weighted by Crippen LogP contribution is -2.25. The molecule has 4 nitrogen and oxygen atoms in total. The van der Waals surface area contributed by atoms with Gasteiger partial charge in [0.15, 0.2) is 0 Å². The Morgan fingerprint density at radius 3 is 2.62 bits per heavy atom. The molecule has 1 fully saturated rings. The van der Waals surface area contributed by atoms with Crippen LogP contribution in [-0.4, -0.2) is 24.7 Å². The fraction of sp³-hybridized carbons (Fsp3) is 0.778. The Labute approximate surface area is 76.8 Å². The molecule has 0 amide bonds. The smallest absolute Gasteiger partial charge is 0.211 e. The summed E-state index contributed by atoms with van der Waals surface area (Å²) in [5.41, 5.74) is 0. The van der Waals surface area contributed by atoms with Gasteiger partial charge >= 0.3 is 0 Å². The molecule has 0 heterocycles. The van der Waals surface area contributed by atoms with Crippen LogP contribution in [0.3, 0.4) is 0 Å². The fourth-order valence-electron chi connectivity index (χ4n) is 1.79. The van der Waals surface area contributed by atoms with Gasteiger partial charge in [-0.05, 0) is 12.8 Å². The Bertz CT molecular complexity index is 252. The van der Waals surface area contributed by atoms with Gasteiger partial charge in [0.25, 0.3) is 0 Å². The molecule has 1 aliphatic rings. The van der Waals surface area contributed by atoms with Crippen molar-refractivity contribution in [1.82, 2.24) is 0 Å². The minimum Gasteiger partial charge on any atom is -0.211 e. The molecule has 0 saturated heterocycles. The predicted molar refractivity (Wildman–Crippen MR) is 46.9 cm³/mol. The van der Waals surface area contributed by atoms with E-state index in [1.54, 1.807) is 6.08 Å². The van der Waals surface area contributed by atoms with Crippen molar-refractivity contribution in [2.75, 3.05) is 6.54 Å². The first kappa shape index (κ1) is 9.85. The van der Waals surface area contributed by atoms with E-state index in [0.29, 0.717) is 6.54 Å². The number of rotatable bonds is 3. The van der Waals surface area contributed by atoms with Gasteiger partial charge in [0.2, 0.25) is 12.2 Å². The third kappa shape index (κ3) is 2.94. The van der Waals surface area contributed by atoms with Gasteiger partial charge in [-0.25, -0.2) is 19.6 Å². The molecular formula is C9H12N2O2. The van der Waals surface area contributed by atoms with E-state index in [1.165, 1.54) is 6.08 Å². The molecule has 0 radical (unpaired) electrons. The molecule has 0 aromatic rings. The highest BCUT2D eigenvalue weighted by Gasteiger charge is 2.24. The number of aliphatic imine (C=N–C) groups is 2. The molecule has 0 spiro atoms. The van der Waals surface area contributed by atoms with Crippen LogP contribution in [0.15, 0.2) is 9.98 Å². The van der Waals surface area contributed by atoms with Crippen molar-refractivity contribution in [2.45, 2.75) is 31.7 Å². The topological polar surface area (TPSA) is 58.9 Å². The van der Waals surface area contributed by atoms with Crippen molar-refractivity contribution in [1.29, 1.82) is 0 Å². The Morgan fingerprint density at radius 2 is 1.92 bits per heavy atom. The summed E-state index contributed by atoms with van der Waals surface area (Å²) in [5.74, 6) is 0.233. The van der Waals surface area contributed by atoms with Gasteiger partial charge in [0.1, 0.15) is 0 Å². The summed E-state index contributed by atoms with van der Waals surface area (Å²) in [4.78, 5) is 27.3. The van der Waals surface area contributed by atoms with Crippen LogP contribution in [0.4, 0.5) is 0 Å². The SMILES string of the molecule is O=C=NCC1CCCCC1N=C=O. The van der Waals surface area contributed by atoms with Crippen molar-refractivity contribution >= 4 is 12.2 Å². The van der Waals surface area contributed by atoms with E-state index in [2.05, 4.69) is 9.98 Å². The highest BCUT2D eigenvalue weighted by molar-refractivity contribution is 5.34. The third-order valence-corrected chi connectivity index (χ3v) is 2.48. The first-order chi connectivity index (χ1) is 6.38. The molecule has 4 heteroatoms. The third-order valence-electron chi connectivity index (χ3n) is 2.48. The summed E-state index contributed by atoms with van der Waals surface area (Å²) < 4.78 is 0. The quantitative estimate of drug-likeness (QED) is 0.484. The van der Waals surface area contributed by atoms with Crippen molar-refractivity contribution in [2.24, 2.45) is 15.9 Å². The number of hydrogen-bond acceptors (Lipinski definition) is 4. The maximum atomic E-state index is 10.1.